The highest BCUT2D eigenvalue weighted by Crippen LogP contribution is 2.40. The molecule has 178 valence electrons. The summed E-state index contributed by atoms with van der Waals surface area (Å²) in [5.74, 6) is -0.00217. The number of nitrogens with one attached hydrogen (secondary N) is 1. The van der Waals surface area contributed by atoms with Gasteiger partial charge in [-0.15, -0.1) is 0 Å². The molecule has 2 aromatic rings. The molecule has 0 unspecified atom stereocenters. The summed E-state index contributed by atoms with van der Waals surface area (Å²) in [6, 6.07) is 7.76. The second-order valence-corrected chi connectivity index (χ2v) is 9.92. The molecule has 0 atom stereocenters. The van der Waals surface area contributed by atoms with Gasteiger partial charge in [0.15, 0.2) is 6.29 Å². The number of hydrogen-bond donors (Lipinski definition) is 1. The molecule has 1 N–H and O–H groups in total. The largest absolute Gasteiger partial charge is 0.433 e. The Morgan fingerprint density at radius 1 is 1.15 bits per heavy atom. The third kappa shape index (κ3) is 4.01. The maximum Gasteiger partial charge on any atom is 0.433 e. The van der Waals surface area contributed by atoms with E-state index in [9.17, 15) is 22.8 Å². The van der Waals surface area contributed by atoms with Crippen LogP contribution >= 0.6 is 15.9 Å². The summed E-state index contributed by atoms with van der Waals surface area (Å²) in [7, 11) is 0. The predicted molar refractivity (Wildman–Crippen MR) is 124 cm³/mol. The van der Waals surface area contributed by atoms with Crippen LogP contribution in [0.25, 0.3) is 0 Å². The molecule has 34 heavy (non-hydrogen) atoms. The molecule has 1 aromatic heterocycles. The van der Waals surface area contributed by atoms with Crippen molar-refractivity contribution in [2.45, 2.75) is 49.7 Å². The summed E-state index contributed by atoms with van der Waals surface area (Å²) < 4.78 is 40.7. The Labute approximate surface area is 202 Å². The van der Waals surface area contributed by atoms with Gasteiger partial charge >= 0.3 is 6.18 Å². The average Bonchev–Trinajstić information content (AvgIpc) is 3.08. The number of alkyl halides is 3. The summed E-state index contributed by atoms with van der Waals surface area (Å²) in [6.07, 6.45) is -0.371. The number of halogens is 4. The quantitative estimate of drug-likeness (QED) is 0.568. The highest BCUT2D eigenvalue weighted by Gasteiger charge is 2.47. The first-order chi connectivity index (χ1) is 16.2. The third-order valence-corrected chi connectivity index (χ3v) is 7.49. The zero-order chi connectivity index (χ0) is 24.1. The van der Waals surface area contributed by atoms with Gasteiger partial charge in [-0.3, -0.25) is 14.6 Å². The van der Waals surface area contributed by atoms with Gasteiger partial charge in [-0.05, 0) is 56.0 Å². The highest BCUT2D eigenvalue weighted by atomic mass is 79.9. The molecular formula is C24H22BrF3N4O2. The summed E-state index contributed by atoms with van der Waals surface area (Å²) in [5.41, 5.74) is 0.297. The van der Waals surface area contributed by atoms with Crippen molar-refractivity contribution in [2.24, 2.45) is 4.99 Å². The van der Waals surface area contributed by atoms with Crippen LogP contribution in [0.15, 0.2) is 39.8 Å². The lowest BCUT2D eigenvalue weighted by Gasteiger charge is -2.37. The number of hydrogen-bond acceptors (Lipinski definition) is 5. The number of aromatic nitrogens is 1. The molecule has 1 saturated heterocycles. The van der Waals surface area contributed by atoms with E-state index >= 15 is 0 Å². The van der Waals surface area contributed by atoms with Gasteiger partial charge in [0.25, 0.3) is 5.91 Å². The molecule has 0 bridgehead atoms. The molecule has 1 aliphatic carbocycles. The second kappa shape index (κ2) is 8.48. The molecule has 5 rings (SSSR count). The normalized spacial score (nSPS) is 20.2. The van der Waals surface area contributed by atoms with Crippen LogP contribution in [0, 0.1) is 0 Å². The number of carbonyl (C=O) groups excluding carboxylic acids is 2. The number of amidine groups is 1. The fourth-order valence-corrected chi connectivity index (χ4v) is 5.17. The Kier molecular flexibility index (Phi) is 5.74. The number of pyridine rings is 1. The molecule has 3 heterocycles. The minimum absolute atomic E-state index is 0.0615. The SMILES string of the molecule is O=Cc1ccc(Br)cc1N1CCC2(CC1)N=C(c1ccc(C(F)(F)F)nc1C1CCC1)NC2=O. The Hall–Kier alpha value is -2.75. The maximum atomic E-state index is 13.3. The van der Waals surface area contributed by atoms with Crippen molar-refractivity contribution in [3.05, 3.63) is 57.3 Å². The number of anilines is 1. The number of rotatable bonds is 4. The Morgan fingerprint density at radius 3 is 2.50 bits per heavy atom. The van der Waals surface area contributed by atoms with Gasteiger partial charge in [-0.25, -0.2) is 4.98 Å². The number of amides is 1. The average molecular weight is 535 g/mol. The Balaban J connectivity index is 1.43. The van der Waals surface area contributed by atoms with Crippen LogP contribution in [-0.4, -0.2) is 41.6 Å². The molecule has 0 radical (unpaired) electrons. The van der Waals surface area contributed by atoms with E-state index in [1.165, 1.54) is 6.07 Å². The van der Waals surface area contributed by atoms with Gasteiger partial charge in [0, 0.05) is 40.3 Å². The van der Waals surface area contributed by atoms with Crippen LogP contribution < -0.4 is 10.2 Å². The van der Waals surface area contributed by atoms with Crippen LogP contribution in [0.4, 0.5) is 18.9 Å². The van der Waals surface area contributed by atoms with E-state index in [4.69, 9.17) is 4.99 Å². The lowest BCUT2D eigenvalue weighted by atomic mass is 9.80. The van der Waals surface area contributed by atoms with E-state index in [0.717, 1.165) is 41.8 Å². The molecule has 1 aromatic carbocycles. The zero-order valence-electron chi connectivity index (χ0n) is 18.2. The van der Waals surface area contributed by atoms with Crippen LogP contribution in [0.1, 0.15) is 65.3 Å². The van der Waals surface area contributed by atoms with Gasteiger partial charge in [0.05, 0.1) is 5.69 Å². The predicted octanol–water partition coefficient (Wildman–Crippen LogP) is 4.86. The summed E-state index contributed by atoms with van der Waals surface area (Å²) in [5, 5.41) is 2.83. The molecular weight excluding hydrogens is 513 g/mol. The topological polar surface area (TPSA) is 74.7 Å². The number of benzene rings is 1. The van der Waals surface area contributed by atoms with Crippen LogP contribution in [0.2, 0.25) is 0 Å². The van der Waals surface area contributed by atoms with E-state index in [1.54, 1.807) is 12.1 Å². The van der Waals surface area contributed by atoms with Crippen molar-refractivity contribution in [3.63, 3.8) is 0 Å². The minimum Gasteiger partial charge on any atom is -0.371 e. The van der Waals surface area contributed by atoms with Crippen molar-refractivity contribution in [2.75, 3.05) is 18.0 Å². The van der Waals surface area contributed by atoms with Crippen molar-refractivity contribution in [1.82, 2.24) is 10.3 Å². The molecule has 1 spiro atoms. The van der Waals surface area contributed by atoms with E-state index in [0.29, 0.717) is 48.6 Å². The zero-order valence-corrected chi connectivity index (χ0v) is 19.7. The Bertz CT molecular complexity index is 1190. The number of aldehydes is 1. The maximum absolute atomic E-state index is 13.3. The van der Waals surface area contributed by atoms with Crippen molar-refractivity contribution >= 4 is 39.6 Å². The molecule has 2 aliphatic heterocycles. The van der Waals surface area contributed by atoms with Crippen LogP contribution in [-0.2, 0) is 11.0 Å². The molecule has 10 heteroatoms. The molecule has 1 saturated carbocycles. The molecule has 3 aliphatic rings. The van der Waals surface area contributed by atoms with Gasteiger partial charge in [0.2, 0.25) is 0 Å². The second-order valence-electron chi connectivity index (χ2n) is 9.01. The first-order valence-electron chi connectivity index (χ1n) is 11.2. The van der Waals surface area contributed by atoms with Gasteiger partial charge in [-0.2, -0.15) is 13.2 Å². The lowest BCUT2D eigenvalue weighted by molar-refractivity contribution is -0.141. The van der Waals surface area contributed by atoms with Gasteiger partial charge in [-0.1, -0.05) is 22.4 Å². The lowest BCUT2D eigenvalue weighted by Crippen LogP contribution is -2.49. The monoisotopic (exact) mass is 534 g/mol. The number of piperidine rings is 1. The Morgan fingerprint density at radius 2 is 1.88 bits per heavy atom. The van der Waals surface area contributed by atoms with E-state index in [2.05, 4.69) is 31.1 Å². The van der Waals surface area contributed by atoms with Crippen molar-refractivity contribution < 1.29 is 22.8 Å². The van der Waals surface area contributed by atoms with E-state index in [-0.39, 0.29) is 11.8 Å². The van der Waals surface area contributed by atoms with Crippen molar-refractivity contribution in [1.29, 1.82) is 0 Å². The van der Waals surface area contributed by atoms with Crippen LogP contribution in [0.5, 0.6) is 0 Å². The van der Waals surface area contributed by atoms with Crippen molar-refractivity contribution in [3.8, 4) is 0 Å². The molecule has 2 fully saturated rings. The van der Waals surface area contributed by atoms with E-state index < -0.39 is 17.4 Å². The molecule has 1 amide bonds. The fraction of sp³-hybridized carbons (Fsp3) is 0.417. The summed E-state index contributed by atoms with van der Waals surface area (Å²) in [6.45, 7) is 1.03. The third-order valence-electron chi connectivity index (χ3n) is 6.99. The van der Waals surface area contributed by atoms with E-state index in [1.807, 2.05) is 6.07 Å². The first-order valence-corrected chi connectivity index (χ1v) is 12.0. The number of nitrogens with zero attached hydrogens (tertiary/aromatic N) is 3. The number of aliphatic imine (C=N–C) groups is 1. The minimum atomic E-state index is -4.53. The highest BCUT2D eigenvalue weighted by molar-refractivity contribution is 9.10. The first kappa shape index (κ1) is 23.0. The van der Waals surface area contributed by atoms with Gasteiger partial charge < -0.3 is 10.2 Å². The molecule has 6 nitrogen and oxygen atoms in total. The number of carbonyl (C=O) groups is 2. The standard InChI is InChI=1S/C24H22BrF3N4O2/c25-16-5-4-15(13-33)18(12-16)32-10-8-23(9-11-32)22(34)30-21(31-23)17-6-7-19(24(26,27)28)29-20(17)14-2-1-3-14/h4-7,12-14H,1-3,8-11H2,(H,30,31,34). The summed E-state index contributed by atoms with van der Waals surface area (Å²) >= 11 is 3.44. The fourth-order valence-electron chi connectivity index (χ4n) is 4.82. The van der Waals surface area contributed by atoms with Crippen LogP contribution in [0.3, 0.4) is 0 Å². The smallest absolute Gasteiger partial charge is 0.371 e. The van der Waals surface area contributed by atoms with Gasteiger partial charge in [0.1, 0.15) is 17.1 Å². The summed E-state index contributed by atoms with van der Waals surface area (Å²) in [4.78, 5) is 35.3.